The van der Waals surface area contributed by atoms with Crippen molar-refractivity contribution >= 4 is 44.4 Å². The fourth-order valence-corrected chi connectivity index (χ4v) is 4.64. The Balaban J connectivity index is 1.72. The molecule has 0 bridgehead atoms. The lowest BCUT2D eigenvalue weighted by Gasteiger charge is -2.23. The van der Waals surface area contributed by atoms with Crippen molar-refractivity contribution < 1.29 is 18.3 Å². The van der Waals surface area contributed by atoms with E-state index in [1.165, 1.54) is 35.0 Å². The molecule has 2 aromatic heterocycles. The number of anilines is 1. The second kappa shape index (κ2) is 8.45. The fourth-order valence-electron chi connectivity index (χ4n) is 3.39. The molecule has 4 rings (SSSR count). The Morgan fingerprint density at radius 3 is 2.58 bits per heavy atom. The highest BCUT2D eigenvalue weighted by molar-refractivity contribution is 7.92. The fraction of sp³-hybridized carbons (Fsp3) is 0.182. The third kappa shape index (κ3) is 4.14. The Labute approximate surface area is 195 Å². The minimum atomic E-state index is -4.00. The molecule has 0 saturated carbocycles. The maximum Gasteiger partial charge on any atom is 0.313 e. The molecule has 0 saturated heterocycles. The van der Waals surface area contributed by atoms with Gasteiger partial charge in [-0.05, 0) is 61.4 Å². The summed E-state index contributed by atoms with van der Waals surface area (Å²) in [4.78, 5) is 15.8. The van der Waals surface area contributed by atoms with Crippen LogP contribution in [0.1, 0.15) is 25.8 Å². The molecule has 0 amide bonds. The average molecular weight is 486 g/mol. The number of nitrogens with zero attached hydrogens (tertiary/aromatic N) is 4. The van der Waals surface area contributed by atoms with Crippen LogP contribution >= 0.6 is 11.6 Å². The Bertz CT molecular complexity index is 1450. The van der Waals surface area contributed by atoms with Crippen LogP contribution in [0.25, 0.3) is 16.9 Å². The molecule has 2 N–H and O–H groups in total. The smallest absolute Gasteiger partial charge is 0.313 e. The lowest BCUT2D eigenvalue weighted by atomic mass is 9.80. The van der Waals surface area contributed by atoms with Crippen LogP contribution in [-0.2, 0) is 20.2 Å². The van der Waals surface area contributed by atoms with Crippen LogP contribution < -0.4 is 4.72 Å². The summed E-state index contributed by atoms with van der Waals surface area (Å²) in [6.07, 6.45) is 1.95. The molecule has 11 heteroatoms. The molecule has 0 fully saturated rings. The maximum absolute atomic E-state index is 13.1. The van der Waals surface area contributed by atoms with Gasteiger partial charge in [-0.3, -0.25) is 9.52 Å². The summed E-state index contributed by atoms with van der Waals surface area (Å²) in [5.41, 5.74) is 1.01. The summed E-state index contributed by atoms with van der Waals surface area (Å²) in [5.74, 6) is -0.973. The number of hydrogen-bond donors (Lipinski definition) is 2. The molecule has 0 aliphatic heterocycles. The van der Waals surface area contributed by atoms with E-state index in [0.717, 1.165) is 0 Å². The van der Waals surface area contributed by atoms with Gasteiger partial charge in [0.25, 0.3) is 10.0 Å². The second-order valence-corrected chi connectivity index (χ2v) is 9.75. The van der Waals surface area contributed by atoms with Crippen molar-refractivity contribution in [3.8, 4) is 5.69 Å². The van der Waals surface area contributed by atoms with Crippen molar-refractivity contribution in [1.29, 1.82) is 0 Å². The minimum absolute atomic E-state index is 0.0129. The number of carbonyl (C=O) groups is 1. The van der Waals surface area contributed by atoms with Crippen LogP contribution in [0.15, 0.2) is 65.7 Å². The molecule has 0 spiro atoms. The second-order valence-electron chi connectivity index (χ2n) is 7.63. The summed E-state index contributed by atoms with van der Waals surface area (Å²) >= 11 is 6.17. The number of carboxylic acids is 1. The van der Waals surface area contributed by atoms with Crippen molar-refractivity contribution in [2.24, 2.45) is 0 Å². The number of aromatic nitrogens is 4. The average Bonchev–Trinajstić information content (AvgIpc) is 3.23. The number of carboxylic acid groups (broad SMARTS) is 1. The van der Waals surface area contributed by atoms with E-state index < -0.39 is 21.4 Å². The van der Waals surface area contributed by atoms with Gasteiger partial charge in [0, 0.05) is 11.2 Å². The van der Waals surface area contributed by atoms with Crippen molar-refractivity contribution in [1.82, 2.24) is 20.0 Å². The lowest BCUT2D eigenvalue weighted by Crippen LogP contribution is -2.31. The lowest BCUT2D eigenvalue weighted by molar-refractivity contribution is -0.143. The summed E-state index contributed by atoms with van der Waals surface area (Å²) < 4.78 is 30.3. The number of halogens is 1. The SMILES string of the molecule is CCC(C)(C(=O)O)c1ccc(S(=O)(=O)Nc2ccc(Cl)cc2-n2nnc3ncccc32)cc1. The van der Waals surface area contributed by atoms with E-state index in [1.54, 1.807) is 44.3 Å². The summed E-state index contributed by atoms with van der Waals surface area (Å²) in [7, 11) is -4.00. The number of fused-ring (bicyclic) bond motifs is 1. The zero-order chi connectivity index (χ0) is 23.8. The van der Waals surface area contributed by atoms with Gasteiger partial charge >= 0.3 is 5.97 Å². The molecule has 0 radical (unpaired) electrons. The monoisotopic (exact) mass is 485 g/mol. The van der Waals surface area contributed by atoms with Crippen LogP contribution in [0.5, 0.6) is 0 Å². The number of rotatable bonds is 7. The van der Waals surface area contributed by atoms with Crippen molar-refractivity contribution in [2.45, 2.75) is 30.6 Å². The third-order valence-electron chi connectivity index (χ3n) is 5.64. The highest BCUT2D eigenvalue weighted by atomic mass is 35.5. The number of aliphatic carboxylic acids is 1. The first-order valence-corrected chi connectivity index (χ1v) is 11.8. The van der Waals surface area contributed by atoms with Crippen LogP contribution in [0, 0.1) is 0 Å². The maximum atomic E-state index is 13.1. The van der Waals surface area contributed by atoms with E-state index >= 15 is 0 Å². The molecule has 33 heavy (non-hydrogen) atoms. The van der Waals surface area contributed by atoms with Gasteiger partial charge in [0.2, 0.25) is 5.65 Å². The molecule has 0 aliphatic carbocycles. The van der Waals surface area contributed by atoms with E-state index in [9.17, 15) is 18.3 Å². The third-order valence-corrected chi connectivity index (χ3v) is 7.25. The first-order valence-electron chi connectivity index (χ1n) is 9.99. The van der Waals surface area contributed by atoms with Gasteiger partial charge < -0.3 is 5.11 Å². The summed E-state index contributed by atoms with van der Waals surface area (Å²) in [6.45, 7) is 3.38. The largest absolute Gasteiger partial charge is 0.481 e. The molecule has 2 heterocycles. The number of nitrogens with one attached hydrogen (secondary N) is 1. The van der Waals surface area contributed by atoms with Gasteiger partial charge in [-0.15, -0.1) is 5.10 Å². The van der Waals surface area contributed by atoms with Crippen LogP contribution in [0.3, 0.4) is 0 Å². The first kappa shape index (κ1) is 22.7. The molecular weight excluding hydrogens is 466 g/mol. The van der Waals surface area contributed by atoms with Crippen molar-refractivity contribution in [3.05, 3.63) is 71.4 Å². The molecule has 4 aromatic rings. The van der Waals surface area contributed by atoms with Gasteiger partial charge in [-0.1, -0.05) is 35.9 Å². The Kier molecular flexibility index (Phi) is 5.81. The van der Waals surface area contributed by atoms with Crippen LogP contribution in [0.2, 0.25) is 5.02 Å². The van der Waals surface area contributed by atoms with E-state index in [2.05, 4.69) is 20.0 Å². The number of pyridine rings is 1. The van der Waals surface area contributed by atoms with Crippen LogP contribution in [-0.4, -0.2) is 39.5 Å². The van der Waals surface area contributed by atoms with Crippen LogP contribution in [0.4, 0.5) is 5.69 Å². The predicted octanol–water partition coefficient (Wildman–Crippen LogP) is 4.02. The minimum Gasteiger partial charge on any atom is -0.481 e. The van der Waals surface area contributed by atoms with Gasteiger partial charge in [-0.2, -0.15) is 0 Å². The Morgan fingerprint density at radius 2 is 1.91 bits per heavy atom. The van der Waals surface area contributed by atoms with Crippen molar-refractivity contribution in [2.75, 3.05) is 4.72 Å². The molecule has 0 aliphatic rings. The zero-order valence-corrected chi connectivity index (χ0v) is 19.3. The number of hydrogen-bond acceptors (Lipinski definition) is 6. The van der Waals surface area contributed by atoms with E-state index in [4.69, 9.17) is 11.6 Å². The van der Waals surface area contributed by atoms with E-state index in [-0.39, 0.29) is 10.6 Å². The molecule has 1 atom stereocenters. The molecular formula is C22H20ClN5O4S. The predicted molar refractivity (Wildman–Crippen MR) is 124 cm³/mol. The van der Waals surface area contributed by atoms with E-state index in [1.807, 2.05) is 0 Å². The highest BCUT2D eigenvalue weighted by Gasteiger charge is 2.33. The first-order chi connectivity index (χ1) is 15.7. The summed E-state index contributed by atoms with van der Waals surface area (Å²) in [5, 5.41) is 18.1. The number of sulfonamides is 1. The zero-order valence-electron chi connectivity index (χ0n) is 17.7. The molecule has 1 unspecified atom stereocenters. The number of benzene rings is 2. The summed E-state index contributed by atoms with van der Waals surface area (Å²) in [6, 6.07) is 14.0. The Morgan fingerprint density at radius 1 is 1.18 bits per heavy atom. The van der Waals surface area contributed by atoms with Gasteiger partial charge in [-0.25, -0.2) is 18.1 Å². The van der Waals surface area contributed by atoms with Gasteiger partial charge in [0.1, 0.15) is 5.52 Å². The van der Waals surface area contributed by atoms with Gasteiger partial charge in [0.15, 0.2) is 0 Å². The normalized spacial score (nSPS) is 13.5. The molecule has 2 aromatic carbocycles. The molecule has 170 valence electrons. The molecule has 9 nitrogen and oxygen atoms in total. The topological polar surface area (TPSA) is 127 Å². The highest BCUT2D eigenvalue weighted by Crippen LogP contribution is 2.31. The Hall–Kier alpha value is -3.50. The van der Waals surface area contributed by atoms with Gasteiger partial charge in [0.05, 0.1) is 21.7 Å². The van der Waals surface area contributed by atoms with E-state index in [0.29, 0.717) is 33.9 Å². The standard InChI is InChI=1S/C22H20ClN5O4S/c1-3-22(2,21(29)30)14-6-9-16(10-7-14)33(31,32)26-17-11-8-15(23)13-19(17)28-18-5-4-12-24-20(18)25-27-28/h4-13,26H,3H2,1-2H3,(H,29,30). The quantitative estimate of drug-likeness (QED) is 0.404. The van der Waals surface area contributed by atoms with Crippen molar-refractivity contribution in [3.63, 3.8) is 0 Å².